The first-order valence-corrected chi connectivity index (χ1v) is 5.66. The van der Waals surface area contributed by atoms with Crippen molar-refractivity contribution in [1.82, 2.24) is 4.90 Å². The molecule has 3 heteroatoms. The molecule has 0 aromatic carbocycles. The van der Waals surface area contributed by atoms with Crippen molar-refractivity contribution >= 4 is 5.97 Å². The van der Waals surface area contributed by atoms with Crippen LogP contribution in [0.1, 0.15) is 26.7 Å². The average molecular weight is 211 g/mol. The van der Waals surface area contributed by atoms with Gasteiger partial charge in [-0.15, -0.1) is 0 Å². The highest BCUT2D eigenvalue weighted by atomic mass is 16.5. The molecule has 0 aromatic heterocycles. The van der Waals surface area contributed by atoms with Gasteiger partial charge < -0.3 is 4.74 Å². The standard InChI is InChI=1S/C12H21NO2/c1-4-15-12(14)11-6-5-7-13(9-11)8-10(2)3/h11H,2,4-9H2,1,3H3. The number of ether oxygens (including phenoxy) is 1. The molecule has 1 rings (SSSR count). The van der Waals surface area contributed by atoms with Crippen LogP contribution >= 0.6 is 0 Å². The molecule has 1 heterocycles. The van der Waals surface area contributed by atoms with Gasteiger partial charge in [-0.3, -0.25) is 9.69 Å². The number of esters is 1. The first-order valence-electron chi connectivity index (χ1n) is 5.66. The lowest BCUT2D eigenvalue weighted by molar-refractivity contribution is -0.149. The fraction of sp³-hybridized carbons (Fsp3) is 0.750. The smallest absolute Gasteiger partial charge is 0.310 e. The van der Waals surface area contributed by atoms with E-state index in [9.17, 15) is 4.79 Å². The Morgan fingerprint density at radius 2 is 2.33 bits per heavy atom. The molecule has 0 aliphatic carbocycles. The van der Waals surface area contributed by atoms with Gasteiger partial charge in [0.1, 0.15) is 0 Å². The van der Waals surface area contributed by atoms with E-state index >= 15 is 0 Å². The quantitative estimate of drug-likeness (QED) is 0.525. The number of piperidine rings is 1. The Hall–Kier alpha value is -0.830. The second-order valence-corrected chi connectivity index (χ2v) is 4.28. The van der Waals surface area contributed by atoms with E-state index in [0.717, 1.165) is 38.0 Å². The van der Waals surface area contributed by atoms with Crippen LogP contribution in [0.5, 0.6) is 0 Å². The van der Waals surface area contributed by atoms with Crippen LogP contribution in [-0.4, -0.2) is 37.1 Å². The second-order valence-electron chi connectivity index (χ2n) is 4.28. The lowest BCUT2D eigenvalue weighted by Gasteiger charge is -2.31. The Labute approximate surface area is 92.1 Å². The van der Waals surface area contributed by atoms with E-state index in [-0.39, 0.29) is 11.9 Å². The predicted octanol–water partition coefficient (Wildman–Crippen LogP) is 1.84. The molecule has 0 amide bonds. The molecule has 3 nitrogen and oxygen atoms in total. The Kier molecular flexibility index (Phi) is 4.82. The van der Waals surface area contributed by atoms with E-state index in [0.29, 0.717) is 6.61 Å². The van der Waals surface area contributed by atoms with Gasteiger partial charge in [0.05, 0.1) is 12.5 Å². The van der Waals surface area contributed by atoms with Crippen LogP contribution in [0.3, 0.4) is 0 Å². The molecular weight excluding hydrogens is 190 g/mol. The van der Waals surface area contributed by atoms with E-state index in [1.54, 1.807) is 0 Å². The van der Waals surface area contributed by atoms with E-state index < -0.39 is 0 Å². The second kappa shape index (κ2) is 5.91. The number of likely N-dealkylation sites (tertiary alicyclic amines) is 1. The molecule has 0 aromatic rings. The number of hydrogen-bond acceptors (Lipinski definition) is 3. The van der Waals surface area contributed by atoms with E-state index in [1.807, 2.05) is 13.8 Å². The van der Waals surface area contributed by atoms with Crippen molar-refractivity contribution in [3.05, 3.63) is 12.2 Å². The first-order chi connectivity index (χ1) is 7.13. The maximum absolute atomic E-state index is 11.6. The SMILES string of the molecule is C=C(C)CN1CCCC(C(=O)OCC)C1. The first kappa shape index (κ1) is 12.2. The summed E-state index contributed by atoms with van der Waals surface area (Å²) in [4.78, 5) is 13.8. The highest BCUT2D eigenvalue weighted by Gasteiger charge is 2.26. The number of carbonyl (C=O) groups excluding carboxylic acids is 1. The van der Waals surface area contributed by atoms with Crippen molar-refractivity contribution in [2.24, 2.45) is 5.92 Å². The Morgan fingerprint density at radius 3 is 2.93 bits per heavy atom. The third-order valence-electron chi connectivity index (χ3n) is 2.62. The van der Waals surface area contributed by atoms with Gasteiger partial charge in [0.15, 0.2) is 0 Å². The molecule has 1 atom stereocenters. The minimum Gasteiger partial charge on any atom is -0.466 e. The van der Waals surface area contributed by atoms with Gasteiger partial charge in [0.25, 0.3) is 0 Å². The molecular formula is C12H21NO2. The number of rotatable bonds is 4. The highest BCUT2D eigenvalue weighted by Crippen LogP contribution is 2.18. The predicted molar refractivity (Wildman–Crippen MR) is 60.6 cm³/mol. The summed E-state index contributed by atoms with van der Waals surface area (Å²) in [5, 5.41) is 0. The van der Waals surface area contributed by atoms with E-state index in [1.165, 1.54) is 0 Å². The van der Waals surface area contributed by atoms with Gasteiger partial charge in [0.2, 0.25) is 0 Å². The molecule has 0 radical (unpaired) electrons. The van der Waals surface area contributed by atoms with Crippen molar-refractivity contribution in [1.29, 1.82) is 0 Å². The van der Waals surface area contributed by atoms with Gasteiger partial charge in [-0.25, -0.2) is 0 Å². The minimum atomic E-state index is -0.0380. The van der Waals surface area contributed by atoms with E-state index in [4.69, 9.17) is 4.74 Å². The topological polar surface area (TPSA) is 29.5 Å². The zero-order valence-corrected chi connectivity index (χ0v) is 9.79. The maximum atomic E-state index is 11.6. The maximum Gasteiger partial charge on any atom is 0.310 e. The summed E-state index contributed by atoms with van der Waals surface area (Å²) < 4.78 is 5.05. The average Bonchev–Trinajstić information content (AvgIpc) is 2.17. The molecule has 1 aliphatic rings. The van der Waals surface area contributed by atoms with Crippen molar-refractivity contribution in [3.63, 3.8) is 0 Å². The van der Waals surface area contributed by atoms with Gasteiger partial charge in [0, 0.05) is 13.1 Å². The fourth-order valence-corrected chi connectivity index (χ4v) is 2.03. The normalized spacial score (nSPS) is 22.4. The molecule has 1 aliphatic heterocycles. The number of nitrogens with zero attached hydrogens (tertiary/aromatic N) is 1. The van der Waals surface area contributed by atoms with Crippen LogP contribution in [0.2, 0.25) is 0 Å². The molecule has 0 bridgehead atoms. The molecule has 1 unspecified atom stereocenters. The van der Waals surface area contributed by atoms with Gasteiger partial charge in [-0.1, -0.05) is 12.2 Å². The number of hydrogen-bond donors (Lipinski definition) is 0. The molecule has 1 fully saturated rings. The van der Waals surface area contributed by atoms with Crippen LogP contribution in [0, 0.1) is 5.92 Å². The van der Waals surface area contributed by atoms with Crippen molar-refractivity contribution in [2.75, 3.05) is 26.2 Å². The van der Waals surface area contributed by atoms with Gasteiger partial charge in [-0.2, -0.15) is 0 Å². The molecule has 0 saturated carbocycles. The number of carbonyl (C=O) groups is 1. The lowest BCUT2D eigenvalue weighted by atomic mass is 9.98. The zero-order chi connectivity index (χ0) is 11.3. The fourth-order valence-electron chi connectivity index (χ4n) is 2.03. The third-order valence-corrected chi connectivity index (χ3v) is 2.62. The van der Waals surface area contributed by atoms with Gasteiger partial charge >= 0.3 is 5.97 Å². The summed E-state index contributed by atoms with van der Waals surface area (Å²) in [7, 11) is 0. The molecule has 1 saturated heterocycles. The largest absolute Gasteiger partial charge is 0.466 e. The monoisotopic (exact) mass is 211 g/mol. The molecule has 0 N–H and O–H groups in total. The molecule has 15 heavy (non-hydrogen) atoms. The summed E-state index contributed by atoms with van der Waals surface area (Å²) in [6, 6.07) is 0. The highest BCUT2D eigenvalue weighted by molar-refractivity contribution is 5.72. The summed E-state index contributed by atoms with van der Waals surface area (Å²) in [5.41, 5.74) is 1.15. The molecule has 0 spiro atoms. The zero-order valence-electron chi connectivity index (χ0n) is 9.79. The summed E-state index contributed by atoms with van der Waals surface area (Å²) in [6.07, 6.45) is 2.04. The van der Waals surface area contributed by atoms with Crippen LogP contribution in [0.15, 0.2) is 12.2 Å². The Balaban J connectivity index is 2.41. The van der Waals surface area contributed by atoms with Crippen LogP contribution < -0.4 is 0 Å². The summed E-state index contributed by atoms with van der Waals surface area (Å²) >= 11 is 0. The van der Waals surface area contributed by atoms with Crippen LogP contribution in [0.25, 0.3) is 0 Å². The third kappa shape index (κ3) is 4.04. The summed E-state index contributed by atoms with van der Waals surface area (Å²) in [5.74, 6) is 0.0296. The molecule has 86 valence electrons. The lowest BCUT2D eigenvalue weighted by Crippen LogP contribution is -2.40. The van der Waals surface area contributed by atoms with Crippen LogP contribution in [-0.2, 0) is 9.53 Å². The Bertz CT molecular complexity index is 238. The van der Waals surface area contributed by atoms with Gasteiger partial charge in [-0.05, 0) is 33.2 Å². The minimum absolute atomic E-state index is 0.0380. The Morgan fingerprint density at radius 1 is 1.60 bits per heavy atom. The van der Waals surface area contributed by atoms with Crippen molar-refractivity contribution in [2.45, 2.75) is 26.7 Å². The van der Waals surface area contributed by atoms with E-state index in [2.05, 4.69) is 11.5 Å². The van der Waals surface area contributed by atoms with Crippen LogP contribution in [0.4, 0.5) is 0 Å². The summed E-state index contributed by atoms with van der Waals surface area (Å²) in [6.45, 7) is 11.1. The van der Waals surface area contributed by atoms with Crippen molar-refractivity contribution < 1.29 is 9.53 Å². The van der Waals surface area contributed by atoms with Crippen molar-refractivity contribution in [3.8, 4) is 0 Å².